The van der Waals surface area contributed by atoms with Gasteiger partial charge < -0.3 is 10.1 Å². The third kappa shape index (κ3) is 4.40. The van der Waals surface area contributed by atoms with E-state index < -0.39 is 6.36 Å². The maximum absolute atomic E-state index is 12.2. The van der Waals surface area contributed by atoms with Crippen LogP contribution >= 0.6 is 0 Å². The lowest BCUT2D eigenvalue weighted by molar-refractivity contribution is -0.274. The van der Waals surface area contributed by atoms with Gasteiger partial charge in [-0.2, -0.15) is 5.10 Å². The molecular formula is C14H16F3N3O. The number of nitrogens with zero attached hydrogens (tertiary/aromatic N) is 2. The quantitative estimate of drug-likeness (QED) is 0.918. The van der Waals surface area contributed by atoms with E-state index in [0.29, 0.717) is 12.1 Å². The average molecular weight is 299 g/mol. The predicted octanol–water partition coefficient (Wildman–Crippen LogP) is 3.49. The summed E-state index contributed by atoms with van der Waals surface area (Å²) < 4.78 is 42.1. The highest BCUT2D eigenvalue weighted by Gasteiger charge is 2.31. The van der Waals surface area contributed by atoms with Gasteiger partial charge in [-0.25, -0.2) is 0 Å². The number of hydrogen-bond donors (Lipinski definition) is 1. The van der Waals surface area contributed by atoms with Crippen LogP contribution in [0, 0.1) is 0 Å². The minimum Gasteiger partial charge on any atom is -0.406 e. The standard InChI is InChI=1S/C14H16F3N3O/c1-3-12-13(9-20(2)19-12)18-8-10-5-4-6-11(7-10)21-14(15,16)17/h4-7,9,18H,3,8H2,1-2H3. The smallest absolute Gasteiger partial charge is 0.406 e. The fourth-order valence-electron chi connectivity index (χ4n) is 1.99. The molecule has 1 aromatic heterocycles. The number of aromatic nitrogens is 2. The van der Waals surface area contributed by atoms with Gasteiger partial charge in [-0.05, 0) is 24.1 Å². The van der Waals surface area contributed by atoms with Crippen molar-refractivity contribution in [3.63, 3.8) is 0 Å². The van der Waals surface area contributed by atoms with Gasteiger partial charge >= 0.3 is 6.36 Å². The van der Waals surface area contributed by atoms with Crippen LogP contribution in [0.15, 0.2) is 30.5 Å². The Bertz CT molecular complexity index is 608. The Hall–Kier alpha value is -2.18. The maximum atomic E-state index is 12.2. The largest absolute Gasteiger partial charge is 0.573 e. The molecule has 1 aromatic carbocycles. The summed E-state index contributed by atoms with van der Waals surface area (Å²) in [6.45, 7) is 2.39. The van der Waals surface area contributed by atoms with E-state index in [1.54, 1.807) is 10.7 Å². The summed E-state index contributed by atoms with van der Waals surface area (Å²) in [5, 5.41) is 7.46. The van der Waals surface area contributed by atoms with Crippen molar-refractivity contribution in [1.82, 2.24) is 9.78 Å². The van der Waals surface area contributed by atoms with Crippen LogP contribution in [-0.4, -0.2) is 16.1 Å². The molecule has 1 N–H and O–H groups in total. The first kappa shape index (κ1) is 15.2. The lowest BCUT2D eigenvalue weighted by Crippen LogP contribution is -2.17. The van der Waals surface area contributed by atoms with Gasteiger partial charge in [0.05, 0.1) is 11.4 Å². The molecule has 0 saturated heterocycles. The summed E-state index contributed by atoms with van der Waals surface area (Å²) in [7, 11) is 1.82. The number of hydrogen-bond acceptors (Lipinski definition) is 3. The molecule has 21 heavy (non-hydrogen) atoms. The summed E-state index contributed by atoms with van der Waals surface area (Å²) in [6.07, 6.45) is -2.06. The molecule has 0 atom stereocenters. The minimum absolute atomic E-state index is 0.219. The monoisotopic (exact) mass is 299 g/mol. The van der Waals surface area contributed by atoms with Gasteiger partial charge in [0.1, 0.15) is 5.75 Å². The van der Waals surface area contributed by atoms with Crippen LogP contribution in [0.1, 0.15) is 18.2 Å². The van der Waals surface area contributed by atoms with Crippen LogP contribution in [0.25, 0.3) is 0 Å². The van der Waals surface area contributed by atoms with E-state index in [1.165, 1.54) is 18.2 Å². The average Bonchev–Trinajstić information content (AvgIpc) is 2.75. The van der Waals surface area contributed by atoms with Crippen LogP contribution in [0.4, 0.5) is 18.9 Å². The SMILES string of the molecule is CCc1nn(C)cc1NCc1cccc(OC(F)(F)F)c1. The Balaban J connectivity index is 2.04. The molecule has 0 bridgehead atoms. The molecule has 2 rings (SSSR count). The first-order chi connectivity index (χ1) is 9.87. The molecule has 0 spiro atoms. The fourth-order valence-corrected chi connectivity index (χ4v) is 1.99. The van der Waals surface area contributed by atoms with E-state index in [4.69, 9.17) is 0 Å². The second kappa shape index (κ2) is 6.07. The van der Waals surface area contributed by atoms with E-state index in [1.807, 2.05) is 20.2 Å². The Morgan fingerprint density at radius 3 is 2.76 bits per heavy atom. The zero-order valence-electron chi connectivity index (χ0n) is 11.7. The predicted molar refractivity (Wildman–Crippen MR) is 73.0 cm³/mol. The van der Waals surface area contributed by atoms with Gasteiger partial charge in [0.2, 0.25) is 0 Å². The number of ether oxygens (including phenoxy) is 1. The molecule has 0 amide bonds. The van der Waals surface area contributed by atoms with Crippen LogP contribution in [0.3, 0.4) is 0 Å². The summed E-state index contributed by atoms with van der Waals surface area (Å²) in [4.78, 5) is 0. The molecule has 0 aliphatic rings. The fraction of sp³-hybridized carbons (Fsp3) is 0.357. The highest BCUT2D eigenvalue weighted by molar-refractivity contribution is 5.47. The zero-order chi connectivity index (χ0) is 15.5. The van der Waals surface area contributed by atoms with Crippen molar-refractivity contribution in [1.29, 1.82) is 0 Å². The van der Waals surface area contributed by atoms with Crippen molar-refractivity contribution in [2.45, 2.75) is 26.3 Å². The van der Waals surface area contributed by atoms with Gasteiger partial charge in [0, 0.05) is 19.8 Å². The van der Waals surface area contributed by atoms with E-state index in [9.17, 15) is 13.2 Å². The maximum Gasteiger partial charge on any atom is 0.573 e. The molecule has 0 aliphatic carbocycles. The Kier molecular flexibility index (Phi) is 4.40. The second-order valence-corrected chi connectivity index (χ2v) is 4.57. The molecule has 1 heterocycles. The molecule has 0 radical (unpaired) electrons. The number of alkyl halides is 3. The number of anilines is 1. The summed E-state index contributed by atoms with van der Waals surface area (Å²) in [6, 6.07) is 5.90. The molecule has 0 unspecified atom stereocenters. The van der Waals surface area contributed by atoms with Crippen molar-refractivity contribution < 1.29 is 17.9 Å². The van der Waals surface area contributed by atoms with E-state index in [-0.39, 0.29) is 5.75 Å². The highest BCUT2D eigenvalue weighted by Crippen LogP contribution is 2.24. The van der Waals surface area contributed by atoms with Gasteiger partial charge in [-0.1, -0.05) is 19.1 Å². The second-order valence-electron chi connectivity index (χ2n) is 4.57. The minimum atomic E-state index is -4.68. The number of halogens is 3. The molecule has 7 heteroatoms. The first-order valence-corrected chi connectivity index (χ1v) is 6.48. The van der Waals surface area contributed by atoms with Crippen LogP contribution in [0.5, 0.6) is 5.75 Å². The van der Waals surface area contributed by atoms with E-state index in [0.717, 1.165) is 17.8 Å². The third-order valence-electron chi connectivity index (χ3n) is 2.86. The molecule has 0 aliphatic heterocycles. The lowest BCUT2D eigenvalue weighted by Gasteiger charge is -2.10. The summed E-state index contributed by atoms with van der Waals surface area (Å²) in [5.41, 5.74) is 2.49. The Morgan fingerprint density at radius 2 is 2.10 bits per heavy atom. The van der Waals surface area contributed by atoms with E-state index in [2.05, 4.69) is 15.2 Å². The summed E-state index contributed by atoms with van der Waals surface area (Å²) in [5.74, 6) is -0.219. The zero-order valence-corrected chi connectivity index (χ0v) is 11.7. The van der Waals surface area contributed by atoms with E-state index >= 15 is 0 Å². The molecule has 0 saturated carbocycles. The van der Waals surface area contributed by atoms with Crippen LogP contribution < -0.4 is 10.1 Å². The molecule has 0 fully saturated rings. The molecule has 114 valence electrons. The van der Waals surface area contributed by atoms with Gasteiger partial charge in [0.25, 0.3) is 0 Å². The van der Waals surface area contributed by atoms with Gasteiger partial charge in [-0.3, -0.25) is 4.68 Å². The first-order valence-electron chi connectivity index (χ1n) is 6.48. The molecule has 4 nitrogen and oxygen atoms in total. The number of aryl methyl sites for hydroxylation is 2. The summed E-state index contributed by atoms with van der Waals surface area (Å²) >= 11 is 0. The van der Waals surface area contributed by atoms with Crippen LogP contribution in [-0.2, 0) is 20.0 Å². The van der Waals surface area contributed by atoms with Crippen molar-refractivity contribution in [3.8, 4) is 5.75 Å². The third-order valence-corrected chi connectivity index (χ3v) is 2.86. The van der Waals surface area contributed by atoms with Crippen LogP contribution in [0.2, 0.25) is 0 Å². The van der Waals surface area contributed by atoms with Gasteiger partial charge in [0.15, 0.2) is 0 Å². The molecular weight excluding hydrogens is 283 g/mol. The van der Waals surface area contributed by atoms with Crippen molar-refractivity contribution in [2.24, 2.45) is 7.05 Å². The topological polar surface area (TPSA) is 39.1 Å². The Labute approximate surface area is 120 Å². The molecule has 2 aromatic rings. The highest BCUT2D eigenvalue weighted by atomic mass is 19.4. The van der Waals surface area contributed by atoms with Gasteiger partial charge in [-0.15, -0.1) is 13.2 Å². The number of nitrogens with one attached hydrogen (secondary N) is 1. The van der Waals surface area contributed by atoms with Crippen molar-refractivity contribution >= 4 is 5.69 Å². The van der Waals surface area contributed by atoms with Crippen molar-refractivity contribution in [3.05, 3.63) is 41.7 Å². The van der Waals surface area contributed by atoms with Crippen molar-refractivity contribution in [2.75, 3.05) is 5.32 Å². The Morgan fingerprint density at radius 1 is 1.33 bits per heavy atom. The normalized spacial score (nSPS) is 11.5. The number of benzene rings is 1. The number of rotatable bonds is 5. The lowest BCUT2D eigenvalue weighted by atomic mass is 10.2.